The second-order valence-electron chi connectivity index (χ2n) is 4.62. The number of aryl methyl sites for hydroxylation is 1. The normalized spacial score (nSPS) is 10.7. The highest BCUT2D eigenvalue weighted by atomic mass is 32.1. The number of aromatic carboxylic acids is 1. The van der Waals surface area contributed by atoms with Gasteiger partial charge in [0.05, 0.1) is 16.5 Å². The molecule has 0 radical (unpaired) electrons. The minimum absolute atomic E-state index is 0.168. The molecule has 0 saturated heterocycles. The average molecular weight is 275 g/mol. The Hall–Kier alpha value is -1.88. The summed E-state index contributed by atoms with van der Waals surface area (Å²) >= 11 is 1.09. The van der Waals surface area contributed by atoms with Crippen LogP contribution >= 0.6 is 11.3 Å². The predicted octanol–water partition coefficient (Wildman–Crippen LogP) is 2.68. The molecule has 0 aliphatic carbocycles. The number of anilines is 2. The van der Waals surface area contributed by atoms with Gasteiger partial charge in [-0.05, 0) is 30.5 Å². The van der Waals surface area contributed by atoms with Gasteiger partial charge in [-0.15, -0.1) is 0 Å². The summed E-state index contributed by atoms with van der Waals surface area (Å²) in [5, 5.41) is 14.5. The minimum Gasteiger partial charge on any atom is -0.544 e. The molecule has 0 bridgehead atoms. The van der Waals surface area contributed by atoms with Gasteiger partial charge in [-0.2, -0.15) is 0 Å². The summed E-state index contributed by atoms with van der Waals surface area (Å²) in [7, 11) is 0. The number of benzene rings is 1. The molecule has 19 heavy (non-hydrogen) atoms. The van der Waals surface area contributed by atoms with Crippen molar-refractivity contribution in [2.24, 2.45) is 0 Å². The second kappa shape index (κ2) is 5.40. The van der Waals surface area contributed by atoms with E-state index in [0.29, 0.717) is 16.7 Å². The number of hydrogen-bond acceptors (Lipinski definition) is 5. The Bertz CT molecular complexity index is 588. The molecule has 2 aromatic rings. The first-order valence-corrected chi connectivity index (χ1v) is 6.84. The Balaban J connectivity index is 2.17. The highest BCUT2D eigenvalue weighted by Crippen LogP contribution is 2.26. The molecule has 0 saturated carbocycles. The Morgan fingerprint density at radius 3 is 2.42 bits per heavy atom. The Morgan fingerprint density at radius 1 is 1.32 bits per heavy atom. The quantitative estimate of drug-likeness (QED) is 0.931. The van der Waals surface area contributed by atoms with Crippen molar-refractivity contribution in [3.8, 4) is 0 Å². The molecule has 5 heteroatoms. The second-order valence-corrected chi connectivity index (χ2v) is 5.62. The van der Waals surface area contributed by atoms with Crippen molar-refractivity contribution in [2.75, 3.05) is 5.32 Å². The van der Waals surface area contributed by atoms with Gasteiger partial charge in [-0.3, -0.25) is 0 Å². The van der Waals surface area contributed by atoms with Crippen LogP contribution in [0.25, 0.3) is 0 Å². The number of carboxylic acid groups (broad SMARTS) is 1. The fourth-order valence-electron chi connectivity index (χ4n) is 1.71. The van der Waals surface area contributed by atoms with E-state index in [1.165, 1.54) is 5.56 Å². The summed E-state index contributed by atoms with van der Waals surface area (Å²) in [5.41, 5.74) is 2.63. The van der Waals surface area contributed by atoms with Crippen molar-refractivity contribution in [1.82, 2.24) is 4.98 Å². The number of rotatable bonds is 4. The van der Waals surface area contributed by atoms with Gasteiger partial charge in [0.2, 0.25) is 0 Å². The summed E-state index contributed by atoms with van der Waals surface area (Å²) in [6.07, 6.45) is 0. The third kappa shape index (κ3) is 3.12. The molecule has 4 nitrogen and oxygen atoms in total. The lowest BCUT2D eigenvalue weighted by Gasteiger charge is -2.07. The smallest absolute Gasteiger partial charge is 0.188 e. The van der Waals surface area contributed by atoms with E-state index in [1.807, 2.05) is 24.3 Å². The summed E-state index contributed by atoms with van der Waals surface area (Å²) in [6, 6.07) is 8.02. The van der Waals surface area contributed by atoms with Crippen molar-refractivity contribution >= 4 is 28.1 Å². The van der Waals surface area contributed by atoms with Crippen LogP contribution in [0.3, 0.4) is 0 Å². The lowest BCUT2D eigenvalue weighted by molar-refractivity contribution is -0.254. The molecule has 1 aromatic carbocycles. The number of carbonyl (C=O) groups is 1. The van der Waals surface area contributed by atoms with Crippen LogP contribution in [0.2, 0.25) is 0 Å². The maximum atomic E-state index is 10.8. The van der Waals surface area contributed by atoms with E-state index in [0.717, 1.165) is 17.0 Å². The molecule has 0 spiro atoms. The number of carbonyl (C=O) groups excluding carboxylic acids is 1. The number of thiazole rings is 1. The molecule has 2 rings (SSSR count). The van der Waals surface area contributed by atoms with E-state index in [1.54, 1.807) is 6.92 Å². The lowest BCUT2D eigenvalue weighted by atomic mass is 10.0. The number of carboxylic acids is 1. The summed E-state index contributed by atoms with van der Waals surface area (Å²) in [5.74, 6) is -0.695. The SMILES string of the molecule is Cc1nc(Nc2ccc(C(C)C)cc2)sc1C(=O)[O-]. The van der Waals surface area contributed by atoms with E-state index >= 15 is 0 Å². The molecule has 1 N–H and O–H groups in total. The van der Waals surface area contributed by atoms with Crippen LogP contribution in [-0.4, -0.2) is 11.0 Å². The van der Waals surface area contributed by atoms with Crippen LogP contribution in [0.15, 0.2) is 24.3 Å². The van der Waals surface area contributed by atoms with Gasteiger partial charge in [0.15, 0.2) is 5.13 Å². The van der Waals surface area contributed by atoms with Crippen molar-refractivity contribution < 1.29 is 9.90 Å². The fraction of sp³-hybridized carbons (Fsp3) is 0.286. The Kier molecular flexibility index (Phi) is 3.85. The molecule has 0 unspecified atom stereocenters. The third-order valence-electron chi connectivity index (χ3n) is 2.81. The first-order chi connectivity index (χ1) is 8.97. The Morgan fingerprint density at radius 2 is 1.95 bits per heavy atom. The average Bonchev–Trinajstić information content (AvgIpc) is 2.71. The highest BCUT2D eigenvalue weighted by Gasteiger charge is 2.08. The molecule has 0 aliphatic heterocycles. The highest BCUT2D eigenvalue weighted by molar-refractivity contribution is 7.17. The van der Waals surface area contributed by atoms with Crippen molar-refractivity contribution in [3.63, 3.8) is 0 Å². The topological polar surface area (TPSA) is 65.0 Å². The molecule has 1 heterocycles. The number of aromatic nitrogens is 1. The molecule has 0 aliphatic rings. The number of nitrogens with one attached hydrogen (secondary N) is 1. The maximum Gasteiger partial charge on any atom is 0.188 e. The summed E-state index contributed by atoms with van der Waals surface area (Å²) in [4.78, 5) is 15.2. The van der Waals surface area contributed by atoms with E-state index in [9.17, 15) is 9.90 Å². The van der Waals surface area contributed by atoms with E-state index in [2.05, 4.69) is 24.1 Å². The molecular formula is C14H15N2O2S-. The van der Waals surface area contributed by atoms with Crippen molar-refractivity contribution in [2.45, 2.75) is 26.7 Å². The number of nitrogens with zero attached hydrogens (tertiary/aromatic N) is 1. The van der Waals surface area contributed by atoms with Gasteiger partial charge in [0.25, 0.3) is 0 Å². The van der Waals surface area contributed by atoms with Crippen LogP contribution in [0.5, 0.6) is 0 Å². The van der Waals surface area contributed by atoms with E-state index in [-0.39, 0.29) is 4.88 Å². The van der Waals surface area contributed by atoms with Gasteiger partial charge >= 0.3 is 0 Å². The summed E-state index contributed by atoms with van der Waals surface area (Å²) < 4.78 is 0. The number of hydrogen-bond donors (Lipinski definition) is 1. The first-order valence-electron chi connectivity index (χ1n) is 6.03. The molecule has 0 amide bonds. The van der Waals surface area contributed by atoms with Crippen LogP contribution in [0.4, 0.5) is 10.8 Å². The van der Waals surface area contributed by atoms with Gasteiger partial charge in [-0.25, -0.2) is 4.98 Å². The molecule has 100 valence electrons. The molecular weight excluding hydrogens is 260 g/mol. The predicted molar refractivity (Wildman–Crippen MR) is 75.0 cm³/mol. The zero-order chi connectivity index (χ0) is 14.0. The minimum atomic E-state index is -1.18. The van der Waals surface area contributed by atoms with Crippen LogP contribution in [0, 0.1) is 6.92 Å². The van der Waals surface area contributed by atoms with Gasteiger partial charge in [0, 0.05) is 5.69 Å². The Labute approximate surface area is 116 Å². The van der Waals surface area contributed by atoms with Gasteiger partial charge in [0.1, 0.15) is 0 Å². The summed E-state index contributed by atoms with van der Waals surface area (Å²) in [6.45, 7) is 5.94. The third-order valence-corrected chi connectivity index (χ3v) is 3.86. The van der Waals surface area contributed by atoms with Crippen LogP contribution in [0.1, 0.15) is 40.7 Å². The first kappa shape index (κ1) is 13.5. The fourth-order valence-corrected chi connectivity index (χ4v) is 2.54. The van der Waals surface area contributed by atoms with Crippen molar-refractivity contribution in [3.05, 3.63) is 40.4 Å². The van der Waals surface area contributed by atoms with Gasteiger partial charge in [-0.1, -0.05) is 37.3 Å². The van der Waals surface area contributed by atoms with E-state index in [4.69, 9.17) is 0 Å². The zero-order valence-electron chi connectivity index (χ0n) is 11.1. The monoisotopic (exact) mass is 275 g/mol. The molecule has 0 fully saturated rings. The van der Waals surface area contributed by atoms with Crippen LogP contribution in [-0.2, 0) is 0 Å². The zero-order valence-corrected chi connectivity index (χ0v) is 11.9. The maximum absolute atomic E-state index is 10.8. The van der Waals surface area contributed by atoms with Gasteiger partial charge < -0.3 is 15.2 Å². The molecule has 0 atom stereocenters. The lowest BCUT2D eigenvalue weighted by Crippen LogP contribution is -2.21. The molecule has 1 aromatic heterocycles. The van der Waals surface area contributed by atoms with Crippen molar-refractivity contribution in [1.29, 1.82) is 0 Å². The van der Waals surface area contributed by atoms with Crippen LogP contribution < -0.4 is 10.4 Å². The standard InChI is InChI=1S/C14H16N2O2S/c1-8(2)10-4-6-11(7-5-10)16-14-15-9(3)12(19-14)13(17)18/h4-8H,1-3H3,(H,15,16)(H,17,18)/p-1. The van der Waals surface area contributed by atoms with E-state index < -0.39 is 5.97 Å². The largest absolute Gasteiger partial charge is 0.544 e.